The van der Waals surface area contributed by atoms with Gasteiger partial charge in [0.15, 0.2) is 0 Å². The molecule has 0 N–H and O–H groups in total. The van der Waals surface area contributed by atoms with Crippen LogP contribution in [0.5, 0.6) is 0 Å². The van der Waals surface area contributed by atoms with Gasteiger partial charge in [-0.2, -0.15) is 0 Å². The summed E-state index contributed by atoms with van der Waals surface area (Å²) in [6, 6.07) is 0.725. The van der Waals surface area contributed by atoms with Crippen LogP contribution in [-0.4, -0.2) is 48.6 Å². The maximum Gasteiger partial charge on any atom is 0.0113 e. The Labute approximate surface area is 95.6 Å². The Bertz CT molecular complexity index is 155. The van der Waals surface area contributed by atoms with Gasteiger partial charge in [0, 0.05) is 32.2 Å². The third-order valence-electron chi connectivity index (χ3n) is 3.39. The summed E-state index contributed by atoms with van der Waals surface area (Å²) in [6.07, 6.45) is 2.75. The lowest BCUT2D eigenvalue weighted by atomic mass is 10.1. The summed E-state index contributed by atoms with van der Waals surface area (Å²) in [5.74, 6) is 0.863. The fourth-order valence-corrected chi connectivity index (χ4v) is 2.23. The third-order valence-corrected chi connectivity index (χ3v) is 3.39. The Morgan fingerprint density at radius 3 is 2.00 bits per heavy atom. The van der Waals surface area contributed by atoms with Crippen molar-refractivity contribution in [3.8, 4) is 0 Å². The lowest BCUT2D eigenvalue weighted by Gasteiger charge is -2.37. The van der Waals surface area contributed by atoms with Gasteiger partial charge in [-0.1, -0.05) is 13.8 Å². The molecule has 0 spiro atoms. The first-order valence-corrected chi connectivity index (χ1v) is 6.56. The Morgan fingerprint density at radius 2 is 1.53 bits per heavy atom. The van der Waals surface area contributed by atoms with E-state index in [-0.39, 0.29) is 0 Å². The summed E-state index contributed by atoms with van der Waals surface area (Å²) in [6.45, 7) is 15.6. The van der Waals surface area contributed by atoms with Crippen LogP contribution in [0.1, 0.15) is 40.5 Å². The summed E-state index contributed by atoms with van der Waals surface area (Å²) in [5, 5.41) is 0. The molecule has 1 heterocycles. The first-order chi connectivity index (χ1) is 7.09. The minimum atomic E-state index is 0.725. The predicted molar refractivity (Wildman–Crippen MR) is 67.2 cm³/mol. The number of rotatable bonds is 5. The average Bonchev–Trinajstić information content (AvgIpc) is 2.18. The molecule has 0 amide bonds. The zero-order valence-electron chi connectivity index (χ0n) is 11.0. The van der Waals surface area contributed by atoms with Crippen molar-refractivity contribution in [1.82, 2.24) is 9.80 Å². The molecule has 0 aromatic heterocycles. The zero-order chi connectivity index (χ0) is 11.3. The van der Waals surface area contributed by atoms with Crippen molar-refractivity contribution in [2.45, 2.75) is 46.6 Å². The first kappa shape index (κ1) is 13.0. The molecule has 0 aromatic carbocycles. The number of hydrogen-bond acceptors (Lipinski definition) is 2. The Hall–Kier alpha value is -0.0800. The van der Waals surface area contributed by atoms with Crippen molar-refractivity contribution in [3.05, 3.63) is 0 Å². The molecule has 90 valence electrons. The van der Waals surface area contributed by atoms with E-state index in [0.717, 1.165) is 12.0 Å². The second kappa shape index (κ2) is 6.49. The molecule has 0 aliphatic carbocycles. The second-order valence-electron chi connectivity index (χ2n) is 5.51. The van der Waals surface area contributed by atoms with E-state index in [2.05, 4.69) is 37.5 Å². The quantitative estimate of drug-likeness (QED) is 0.691. The van der Waals surface area contributed by atoms with Crippen molar-refractivity contribution in [3.63, 3.8) is 0 Å². The standard InChI is InChI=1S/C13H28N2/c1-12(2)6-5-7-14-8-10-15(11-9-14)13(3)4/h12-13H,5-11H2,1-4H3. The molecule has 1 saturated heterocycles. The van der Waals surface area contributed by atoms with Crippen molar-refractivity contribution in [1.29, 1.82) is 0 Å². The van der Waals surface area contributed by atoms with Gasteiger partial charge in [-0.3, -0.25) is 4.90 Å². The molecular weight excluding hydrogens is 184 g/mol. The molecule has 1 aliphatic heterocycles. The van der Waals surface area contributed by atoms with Crippen LogP contribution in [0.15, 0.2) is 0 Å². The lowest BCUT2D eigenvalue weighted by molar-refractivity contribution is 0.107. The van der Waals surface area contributed by atoms with Crippen molar-refractivity contribution in [2.75, 3.05) is 32.7 Å². The minimum Gasteiger partial charge on any atom is -0.301 e. The molecule has 0 saturated carbocycles. The predicted octanol–water partition coefficient (Wildman–Crippen LogP) is 2.45. The fourth-order valence-electron chi connectivity index (χ4n) is 2.23. The Morgan fingerprint density at radius 1 is 0.933 bits per heavy atom. The van der Waals surface area contributed by atoms with E-state index in [9.17, 15) is 0 Å². The maximum absolute atomic E-state index is 2.63. The zero-order valence-corrected chi connectivity index (χ0v) is 11.0. The molecule has 2 nitrogen and oxygen atoms in total. The molecule has 1 rings (SSSR count). The molecule has 0 aromatic rings. The van der Waals surface area contributed by atoms with Gasteiger partial charge >= 0.3 is 0 Å². The fraction of sp³-hybridized carbons (Fsp3) is 1.00. The summed E-state index contributed by atoms with van der Waals surface area (Å²) < 4.78 is 0. The number of piperazine rings is 1. The van der Waals surface area contributed by atoms with Gasteiger partial charge in [0.2, 0.25) is 0 Å². The van der Waals surface area contributed by atoms with Crippen LogP contribution in [-0.2, 0) is 0 Å². The van der Waals surface area contributed by atoms with E-state index in [1.807, 2.05) is 0 Å². The van der Waals surface area contributed by atoms with Crippen LogP contribution >= 0.6 is 0 Å². The second-order valence-corrected chi connectivity index (χ2v) is 5.51. The van der Waals surface area contributed by atoms with E-state index >= 15 is 0 Å². The van der Waals surface area contributed by atoms with Crippen LogP contribution in [0.3, 0.4) is 0 Å². The highest BCUT2D eigenvalue weighted by Crippen LogP contribution is 2.09. The van der Waals surface area contributed by atoms with Gasteiger partial charge in [-0.05, 0) is 39.2 Å². The highest BCUT2D eigenvalue weighted by atomic mass is 15.3. The SMILES string of the molecule is CC(C)CCCN1CCN(C(C)C)CC1. The van der Waals surface area contributed by atoms with Crippen LogP contribution in [0.2, 0.25) is 0 Å². The van der Waals surface area contributed by atoms with E-state index in [1.54, 1.807) is 0 Å². The normalized spacial score (nSPS) is 20.4. The van der Waals surface area contributed by atoms with E-state index in [1.165, 1.54) is 45.6 Å². The highest BCUT2D eigenvalue weighted by molar-refractivity contribution is 4.74. The molecule has 15 heavy (non-hydrogen) atoms. The van der Waals surface area contributed by atoms with Gasteiger partial charge in [0.05, 0.1) is 0 Å². The molecular formula is C13H28N2. The first-order valence-electron chi connectivity index (χ1n) is 6.56. The monoisotopic (exact) mass is 212 g/mol. The van der Waals surface area contributed by atoms with Crippen molar-refractivity contribution in [2.24, 2.45) is 5.92 Å². The number of hydrogen-bond donors (Lipinski definition) is 0. The summed E-state index contributed by atoms with van der Waals surface area (Å²) in [7, 11) is 0. The maximum atomic E-state index is 2.63. The summed E-state index contributed by atoms with van der Waals surface area (Å²) in [5.41, 5.74) is 0. The average molecular weight is 212 g/mol. The molecule has 0 atom stereocenters. The van der Waals surface area contributed by atoms with Gasteiger partial charge in [0.25, 0.3) is 0 Å². The molecule has 0 unspecified atom stereocenters. The smallest absolute Gasteiger partial charge is 0.0113 e. The lowest BCUT2D eigenvalue weighted by Crippen LogP contribution is -2.48. The molecule has 0 bridgehead atoms. The van der Waals surface area contributed by atoms with Crippen LogP contribution in [0.25, 0.3) is 0 Å². The van der Waals surface area contributed by atoms with Crippen LogP contribution < -0.4 is 0 Å². The molecule has 1 fully saturated rings. The number of nitrogens with zero attached hydrogens (tertiary/aromatic N) is 2. The topological polar surface area (TPSA) is 6.48 Å². The van der Waals surface area contributed by atoms with E-state index < -0.39 is 0 Å². The van der Waals surface area contributed by atoms with Crippen LogP contribution in [0, 0.1) is 5.92 Å². The van der Waals surface area contributed by atoms with Gasteiger partial charge in [-0.25, -0.2) is 0 Å². The Balaban J connectivity index is 2.09. The largest absolute Gasteiger partial charge is 0.301 e. The van der Waals surface area contributed by atoms with Gasteiger partial charge in [-0.15, -0.1) is 0 Å². The molecule has 1 aliphatic rings. The third kappa shape index (κ3) is 4.98. The Kier molecular flexibility index (Phi) is 5.62. The minimum absolute atomic E-state index is 0.725. The van der Waals surface area contributed by atoms with Crippen molar-refractivity contribution >= 4 is 0 Å². The molecule has 2 heteroatoms. The molecule has 0 radical (unpaired) electrons. The summed E-state index contributed by atoms with van der Waals surface area (Å²) >= 11 is 0. The van der Waals surface area contributed by atoms with Crippen molar-refractivity contribution < 1.29 is 0 Å². The van der Waals surface area contributed by atoms with Crippen LogP contribution in [0.4, 0.5) is 0 Å². The van der Waals surface area contributed by atoms with Gasteiger partial charge in [0.1, 0.15) is 0 Å². The van der Waals surface area contributed by atoms with E-state index in [0.29, 0.717) is 0 Å². The highest BCUT2D eigenvalue weighted by Gasteiger charge is 2.17. The summed E-state index contributed by atoms with van der Waals surface area (Å²) in [4.78, 5) is 5.21. The van der Waals surface area contributed by atoms with E-state index in [4.69, 9.17) is 0 Å². The van der Waals surface area contributed by atoms with Gasteiger partial charge < -0.3 is 4.90 Å².